The number of rotatable bonds is 2. The van der Waals surface area contributed by atoms with Gasteiger partial charge in [-0.15, -0.1) is 11.3 Å². The predicted molar refractivity (Wildman–Crippen MR) is 83.9 cm³/mol. The standard InChI is InChI=1S/C16H24N2O2S/c1-10(2)18-5-6-20-13(9-18)15-17-11-7-16(3,4)8-12(19)14(11)21-15/h10,13H,5-9H2,1-4H3. The molecule has 3 rings (SSSR count). The van der Waals surface area contributed by atoms with Crippen LogP contribution in [-0.4, -0.2) is 41.4 Å². The molecule has 116 valence electrons. The summed E-state index contributed by atoms with van der Waals surface area (Å²) < 4.78 is 5.90. The Labute approximate surface area is 130 Å². The van der Waals surface area contributed by atoms with Gasteiger partial charge in [0, 0.05) is 25.6 Å². The van der Waals surface area contributed by atoms with Crippen molar-refractivity contribution >= 4 is 17.1 Å². The van der Waals surface area contributed by atoms with Gasteiger partial charge in [-0.05, 0) is 25.7 Å². The first-order valence-corrected chi connectivity index (χ1v) is 8.56. The molecule has 21 heavy (non-hydrogen) atoms. The molecule has 0 spiro atoms. The average molecular weight is 308 g/mol. The maximum Gasteiger partial charge on any atom is 0.175 e. The highest BCUT2D eigenvalue weighted by atomic mass is 32.1. The van der Waals surface area contributed by atoms with E-state index in [0.29, 0.717) is 12.5 Å². The third-order valence-electron chi connectivity index (χ3n) is 4.36. The van der Waals surface area contributed by atoms with Crippen LogP contribution in [0.5, 0.6) is 0 Å². The molecule has 0 bridgehead atoms. The second-order valence-corrected chi connectivity index (χ2v) is 8.25. The Balaban J connectivity index is 1.83. The Hall–Kier alpha value is -0.780. The lowest BCUT2D eigenvalue weighted by molar-refractivity contribution is -0.0403. The van der Waals surface area contributed by atoms with E-state index in [2.05, 4.69) is 32.6 Å². The number of carbonyl (C=O) groups excluding carboxylic acids is 1. The fourth-order valence-corrected chi connectivity index (χ4v) is 4.22. The summed E-state index contributed by atoms with van der Waals surface area (Å²) in [7, 11) is 0. The molecule has 1 unspecified atom stereocenters. The number of morpholine rings is 1. The number of Topliss-reactive ketones (excluding diaryl/α,β-unsaturated/α-hetero) is 1. The number of hydrogen-bond acceptors (Lipinski definition) is 5. The van der Waals surface area contributed by atoms with Crippen molar-refractivity contribution in [1.29, 1.82) is 0 Å². The van der Waals surface area contributed by atoms with Gasteiger partial charge in [0.15, 0.2) is 5.78 Å². The first-order valence-electron chi connectivity index (χ1n) is 7.74. The highest BCUT2D eigenvalue weighted by Gasteiger charge is 2.35. The number of hydrogen-bond donors (Lipinski definition) is 0. The molecule has 1 aliphatic carbocycles. The lowest BCUT2D eigenvalue weighted by Crippen LogP contribution is -2.42. The van der Waals surface area contributed by atoms with E-state index in [1.165, 1.54) is 0 Å². The minimum absolute atomic E-state index is 0.0210. The fraction of sp³-hybridized carbons (Fsp3) is 0.750. The van der Waals surface area contributed by atoms with Crippen LogP contribution in [0.3, 0.4) is 0 Å². The minimum Gasteiger partial charge on any atom is -0.368 e. The van der Waals surface area contributed by atoms with E-state index in [-0.39, 0.29) is 17.3 Å². The van der Waals surface area contributed by atoms with Crippen molar-refractivity contribution in [2.24, 2.45) is 5.41 Å². The highest BCUT2D eigenvalue weighted by molar-refractivity contribution is 7.14. The van der Waals surface area contributed by atoms with Crippen LogP contribution >= 0.6 is 11.3 Å². The van der Waals surface area contributed by atoms with Crippen LogP contribution in [0.15, 0.2) is 0 Å². The summed E-state index contributed by atoms with van der Waals surface area (Å²) in [5, 5.41) is 0.983. The van der Waals surface area contributed by atoms with Crippen LogP contribution in [0.4, 0.5) is 0 Å². The van der Waals surface area contributed by atoms with Gasteiger partial charge in [-0.25, -0.2) is 4.98 Å². The highest BCUT2D eigenvalue weighted by Crippen LogP contribution is 2.39. The molecule has 0 N–H and O–H groups in total. The molecule has 1 atom stereocenters. The van der Waals surface area contributed by atoms with Crippen molar-refractivity contribution in [2.75, 3.05) is 19.7 Å². The molecule has 0 radical (unpaired) electrons. The zero-order valence-corrected chi connectivity index (χ0v) is 14.1. The van der Waals surface area contributed by atoms with Gasteiger partial charge in [-0.1, -0.05) is 13.8 Å². The molecule has 2 heterocycles. The van der Waals surface area contributed by atoms with Gasteiger partial charge in [0.1, 0.15) is 11.1 Å². The van der Waals surface area contributed by atoms with Crippen molar-refractivity contribution in [3.05, 3.63) is 15.6 Å². The summed E-state index contributed by atoms with van der Waals surface area (Å²) in [6.07, 6.45) is 1.55. The molecule has 1 saturated heterocycles. The number of aromatic nitrogens is 1. The molecule has 0 amide bonds. The third kappa shape index (κ3) is 3.05. The minimum atomic E-state index is 0.0210. The number of ether oxygens (including phenoxy) is 1. The Bertz CT molecular complexity index is 550. The van der Waals surface area contributed by atoms with Gasteiger partial charge in [0.2, 0.25) is 0 Å². The SMILES string of the molecule is CC(C)N1CCOC(c2nc3c(s2)C(=O)CC(C)(C)C3)C1. The van der Waals surface area contributed by atoms with Gasteiger partial charge in [0.05, 0.1) is 17.2 Å². The van der Waals surface area contributed by atoms with Crippen LogP contribution in [0, 0.1) is 5.41 Å². The van der Waals surface area contributed by atoms with Crippen LogP contribution in [0.25, 0.3) is 0 Å². The zero-order chi connectivity index (χ0) is 15.2. The topological polar surface area (TPSA) is 42.4 Å². The normalized spacial score (nSPS) is 26.1. The van der Waals surface area contributed by atoms with Crippen molar-refractivity contribution in [3.63, 3.8) is 0 Å². The Morgan fingerprint density at radius 2 is 2.14 bits per heavy atom. The van der Waals surface area contributed by atoms with Gasteiger partial charge in [-0.3, -0.25) is 9.69 Å². The third-order valence-corrected chi connectivity index (χ3v) is 5.59. The summed E-state index contributed by atoms with van der Waals surface area (Å²) in [6.45, 7) is 11.3. The Kier molecular flexibility index (Phi) is 3.93. The zero-order valence-electron chi connectivity index (χ0n) is 13.3. The average Bonchev–Trinajstić information content (AvgIpc) is 2.81. The van der Waals surface area contributed by atoms with Crippen molar-refractivity contribution in [1.82, 2.24) is 9.88 Å². The van der Waals surface area contributed by atoms with Crippen LogP contribution in [0.1, 0.15) is 60.6 Å². The Morgan fingerprint density at radius 1 is 1.38 bits per heavy atom. The van der Waals surface area contributed by atoms with E-state index < -0.39 is 0 Å². The number of ketones is 1. The summed E-state index contributed by atoms with van der Waals surface area (Å²) in [4.78, 5) is 20.3. The van der Waals surface area contributed by atoms with E-state index >= 15 is 0 Å². The Morgan fingerprint density at radius 3 is 2.86 bits per heavy atom. The predicted octanol–water partition coefficient (Wildman–Crippen LogP) is 3.08. The van der Waals surface area contributed by atoms with Gasteiger partial charge in [0.25, 0.3) is 0 Å². The summed E-state index contributed by atoms with van der Waals surface area (Å²) in [5.41, 5.74) is 1.02. The van der Waals surface area contributed by atoms with E-state index in [0.717, 1.165) is 41.7 Å². The molecule has 5 heteroatoms. The molecule has 0 aromatic carbocycles. The summed E-state index contributed by atoms with van der Waals surface area (Å²) in [6, 6.07) is 0.520. The molecule has 1 aliphatic heterocycles. The van der Waals surface area contributed by atoms with Gasteiger partial charge in [-0.2, -0.15) is 0 Å². The molecular formula is C16H24N2O2S. The number of carbonyl (C=O) groups is 1. The summed E-state index contributed by atoms with van der Waals surface area (Å²) in [5.74, 6) is 0.251. The molecule has 0 saturated carbocycles. The molecule has 2 aliphatic rings. The van der Waals surface area contributed by atoms with Crippen LogP contribution in [0.2, 0.25) is 0 Å². The lowest BCUT2D eigenvalue weighted by Gasteiger charge is -2.34. The maximum atomic E-state index is 12.3. The van der Waals surface area contributed by atoms with Crippen molar-refractivity contribution in [3.8, 4) is 0 Å². The molecule has 1 aromatic heterocycles. The fourth-order valence-electron chi connectivity index (χ4n) is 3.16. The van der Waals surface area contributed by atoms with Crippen molar-refractivity contribution in [2.45, 2.75) is 52.7 Å². The summed E-state index contributed by atoms with van der Waals surface area (Å²) >= 11 is 1.55. The lowest BCUT2D eigenvalue weighted by atomic mass is 9.78. The van der Waals surface area contributed by atoms with Gasteiger partial charge >= 0.3 is 0 Å². The van der Waals surface area contributed by atoms with Crippen LogP contribution in [-0.2, 0) is 11.2 Å². The van der Waals surface area contributed by atoms with E-state index in [9.17, 15) is 4.79 Å². The largest absolute Gasteiger partial charge is 0.368 e. The van der Waals surface area contributed by atoms with E-state index in [4.69, 9.17) is 9.72 Å². The first-order chi connectivity index (χ1) is 9.85. The maximum absolute atomic E-state index is 12.3. The molecule has 4 nitrogen and oxygen atoms in total. The molecular weight excluding hydrogens is 284 g/mol. The first kappa shape index (κ1) is 15.1. The van der Waals surface area contributed by atoms with E-state index in [1.807, 2.05) is 0 Å². The molecule has 1 fully saturated rings. The molecule has 1 aromatic rings. The monoisotopic (exact) mass is 308 g/mol. The number of thiazole rings is 1. The number of fused-ring (bicyclic) bond motifs is 1. The van der Waals surface area contributed by atoms with E-state index in [1.54, 1.807) is 11.3 Å². The number of nitrogens with zero attached hydrogens (tertiary/aromatic N) is 2. The van der Waals surface area contributed by atoms with Crippen LogP contribution < -0.4 is 0 Å². The quantitative estimate of drug-likeness (QED) is 0.842. The second kappa shape index (κ2) is 5.45. The smallest absolute Gasteiger partial charge is 0.175 e. The second-order valence-electron chi connectivity index (χ2n) is 7.22. The van der Waals surface area contributed by atoms with Gasteiger partial charge < -0.3 is 4.74 Å². The van der Waals surface area contributed by atoms with Crippen molar-refractivity contribution < 1.29 is 9.53 Å².